The fourth-order valence-electron chi connectivity index (χ4n) is 4.03. The van der Waals surface area contributed by atoms with Crippen LogP contribution < -0.4 is 4.74 Å². The van der Waals surface area contributed by atoms with E-state index >= 15 is 0 Å². The van der Waals surface area contributed by atoms with Crippen molar-refractivity contribution in [3.05, 3.63) is 70.9 Å². The van der Waals surface area contributed by atoms with Gasteiger partial charge in [0.05, 0.1) is 18.3 Å². The second-order valence-corrected chi connectivity index (χ2v) is 7.90. The van der Waals surface area contributed by atoms with Gasteiger partial charge in [0, 0.05) is 17.7 Å². The maximum absolute atomic E-state index is 13.1. The van der Waals surface area contributed by atoms with E-state index in [1.165, 1.54) is 5.56 Å². The number of rotatable bonds is 8. The minimum atomic E-state index is -0.146. The van der Waals surface area contributed by atoms with Gasteiger partial charge in [0.15, 0.2) is 0 Å². The fourth-order valence-corrected chi connectivity index (χ4v) is 4.03. The standard InChI is InChI=1S/C25H29N3O2/c1-4-6-16-30-20-13-11-19(12-14-20)24-21-22(18-9-7-17(3)8-10-18)26-27-23(21)25(29)28(24)15-5-2/h7-14,24H,4-6,15-16H2,1-3H3,(H,26,27). The summed E-state index contributed by atoms with van der Waals surface area (Å²) < 4.78 is 5.82. The number of aromatic amines is 1. The average Bonchev–Trinajstić information content (AvgIpc) is 3.30. The van der Waals surface area contributed by atoms with Gasteiger partial charge < -0.3 is 9.64 Å². The van der Waals surface area contributed by atoms with Crippen LogP contribution in [0.15, 0.2) is 48.5 Å². The first-order chi connectivity index (χ1) is 14.6. The fraction of sp³-hybridized carbons (Fsp3) is 0.360. The Kier molecular flexibility index (Phi) is 5.88. The molecule has 156 valence electrons. The number of benzene rings is 2. The number of fused-ring (bicyclic) bond motifs is 1. The van der Waals surface area contributed by atoms with Crippen LogP contribution in [0, 0.1) is 6.92 Å². The predicted molar refractivity (Wildman–Crippen MR) is 119 cm³/mol. The molecular weight excluding hydrogens is 374 g/mol. The Labute approximate surface area is 178 Å². The van der Waals surface area contributed by atoms with E-state index in [4.69, 9.17) is 4.74 Å². The lowest BCUT2D eigenvalue weighted by atomic mass is 9.95. The number of hydrogen-bond acceptors (Lipinski definition) is 3. The Morgan fingerprint density at radius 1 is 1.03 bits per heavy atom. The van der Waals surface area contributed by atoms with Gasteiger partial charge in [-0.3, -0.25) is 9.89 Å². The maximum Gasteiger partial charge on any atom is 0.273 e. The maximum atomic E-state index is 13.1. The van der Waals surface area contributed by atoms with Crippen LogP contribution in [-0.2, 0) is 0 Å². The highest BCUT2D eigenvalue weighted by Crippen LogP contribution is 2.43. The molecule has 0 fully saturated rings. The van der Waals surface area contributed by atoms with Gasteiger partial charge in [0.2, 0.25) is 0 Å². The summed E-state index contributed by atoms with van der Waals surface area (Å²) in [6.07, 6.45) is 3.05. The molecule has 0 saturated heterocycles. The number of aryl methyl sites for hydroxylation is 1. The molecule has 2 aromatic carbocycles. The van der Waals surface area contributed by atoms with E-state index in [0.717, 1.165) is 54.0 Å². The lowest BCUT2D eigenvalue weighted by Crippen LogP contribution is -2.30. The minimum absolute atomic E-state index is 0.0194. The van der Waals surface area contributed by atoms with E-state index < -0.39 is 0 Å². The molecule has 1 N–H and O–H groups in total. The van der Waals surface area contributed by atoms with Crippen molar-refractivity contribution in [3.8, 4) is 17.0 Å². The molecule has 1 atom stereocenters. The molecule has 30 heavy (non-hydrogen) atoms. The van der Waals surface area contributed by atoms with Crippen LogP contribution in [0.25, 0.3) is 11.3 Å². The number of carbonyl (C=O) groups is 1. The second kappa shape index (κ2) is 8.74. The van der Waals surface area contributed by atoms with Crippen LogP contribution in [0.2, 0.25) is 0 Å². The molecular formula is C25H29N3O2. The Morgan fingerprint density at radius 2 is 1.77 bits per heavy atom. The van der Waals surface area contributed by atoms with Gasteiger partial charge in [-0.15, -0.1) is 0 Å². The summed E-state index contributed by atoms with van der Waals surface area (Å²) in [5.41, 5.74) is 5.72. The average molecular weight is 404 g/mol. The molecule has 0 spiro atoms. The summed E-state index contributed by atoms with van der Waals surface area (Å²) in [5.74, 6) is 0.885. The molecule has 5 heteroatoms. The summed E-state index contributed by atoms with van der Waals surface area (Å²) in [6.45, 7) is 7.75. The number of carbonyl (C=O) groups excluding carboxylic acids is 1. The van der Waals surface area contributed by atoms with Crippen molar-refractivity contribution in [2.75, 3.05) is 13.2 Å². The van der Waals surface area contributed by atoms with Crippen molar-refractivity contribution in [1.82, 2.24) is 15.1 Å². The molecule has 1 aromatic heterocycles. The van der Waals surface area contributed by atoms with E-state index in [1.807, 2.05) is 17.0 Å². The van der Waals surface area contributed by atoms with Crippen molar-refractivity contribution >= 4 is 5.91 Å². The minimum Gasteiger partial charge on any atom is -0.494 e. The SMILES string of the molecule is CCCCOc1ccc(C2c3c(-c4ccc(C)cc4)n[nH]c3C(=O)N2CCC)cc1. The van der Waals surface area contributed by atoms with Gasteiger partial charge in [-0.25, -0.2) is 0 Å². The molecule has 1 amide bonds. The Morgan fingerprint density at radius 3 is 2.43 bits per heavy atom. The van der Waals surface area contributed by atoms with Crippen LogP contribution in [0.3, 0.4) is 0 Å². The first-order valence-corrected chi connectivity index (χ1v) is 10.8. The topological polar surface area (TPSA) is 58.2 Å². The number of nitrogens with zero attached hydrogens (tertiary/aromatic N) is 2. The van der Waals surface area contributed by atoms with Crippen LogP contribution >= 0.6 is 0 Å². The number of aromatic nitrogens is 2. The zero-order valence-electron chi connectivity index (χ0n) is 17.9. The van der Waals surface area contributed by atoms with E-state index in [9.17, 15) is 4.79 Å². The van der Waals surface area contributed by atoms with Crippen LogP contribution in [0.1, 0.15) is 66.3 Å². The number of amides is 1. The van der Waals surface area contributed by atoms with Crippen molar-refractivity contribution in [3.63, 3.8) is 0 Å². The molecule has 1 aliphatic heterocycles. The van der Waals surface area contributed by atoms with Crippen LogP contribution in [0.5, 0.6) is 5.75 Å². The molecule has 4 rings (SSSR count). The molecule has 5 nitrogen and oxygen atoms in total. The first kappa shape index (κ1) is 20.2. The Balaban J connectivity index is 1.72. The number of nitrogens with one attached hydrogen (secondary N) is 1. The third kappa shape index (κ3) is 3.72. The van der Waals surface area contributed by atoms with Gasteiger partial charge in [0.25, 0.3) is 5.91 Å². The quantitative estimate of drug-likeness (QED) is 0.504. The van der Waals surface area contributed by atoms with Crippen molar-refractivity contribution in [2.24, 2.45) is 0 Å². The van der Waals surface area contributed by atoms with Crippen molar-refractivity contribution in [1.29, 1.82) is 0 Å². The molecule has 3 aromatic rings. The summed E-state index contributed by atoms with van der Waals surface area (Å²) >= 11 is 0. The third-order valence-corrected chi connectivity index (χ3v) is 5.62. The summed E-state index contributed by atoms with van der Waals surface area (Å²) in [6, 6.07) is 16.3. The largest absolute Gasteiger partial charge is 0.494 e. The highest BCUT2D eigenvalue weighted by atomic mass is 16.5. The highest BCUT2D eigenvalue weighted by Gasteiger charge is 2.41. The second-order valence-electron chi connectivity index (χ2n) is 7.90. The van der Waals surface area contributed by atoms with Crippen LogP contribution in [-0.4, -0.2) is 34.2 Å². The smallest absolute Gasteiger partial charge is 0.273 e. The summed E-state index contributed by atoms with van der Waals surface area (Å²) in [7, 11) is 0. The molecule has 0 radical (unpaired) electrons. The first-order valence-electron chi connectivity index (χ1n) is 10.8. The summed E-state index contributed by atoms with van der Waals surface area (Å²) in [4.78, 5) is 15.1. The van der Waals surface area contributed by atoms with E-state index in [1.54, 1.807) is 0 Å². The molecule has 0 bridgehead atoms. The number of hydrogen-bond donors (Lipinski definition) is 1. The lowest BCUT2D eigenvalue weighted by Gasteiger charge is -2.26. The van der Waals surface area contributed by atoms with Gasteiger partial charge >= 0.3 is 0 Å². The van der Waals surface area contributed by atoms with E-state index in [2.05, 4.69) is 67.4 Å². The van der Waals surface area contributed by atoms with Gasteiger partial charge in [0.1, 0.15) is 11.4 Å². The van der Waals surface area contributed by atoms with Gasteiger partial charge in [-0.1, -0.05) is 62.2 Å². The number of unbranched alkanes of at least 4 members (excludes halogenated alkanes) is 1. The van der Waals surface area contributed by atoms with Gasteiger partial charge in [-0.05, 0) is 37.5 Å². The molecule has 0 saturated carbocycles. The predicted octanol–water partition coefficient (Wildman–Crippen LogP) is 5.52. The molecule has 2 heterocycles. The van der Waals surface area contributed by atoms with Crippen LogP contribution in [0.4, 0.5) is 0 Å². The molecule has 1 aliphatic rings. The third-order valence-electron chi connectivity index (χ3n) is 5.62. The van der Waals surface area contributed by atoms with Crippen molar-refractivity contribution < 1.29 is 9.53 Å². The normalized spacial score (nSPS) is 15.5. The lowest BCUT2D eigenvalue weighted by molar-refractivity contribution is 0.0744. The van der Waals surface area contributed by atoms with Crippen molar-refractivity contribution in [2.45, 2.75) is 46.1 Å². The zero-order chi connectivity index (χ0) is 21.1. The Hall–Kier alpha value is -3.08. The zero-order valence-corrected chi connectivity index (χ0v) is 17.9. The summed E-state index contributed by atoms with van der Waals surface area (Å²) in [5, 5.41) is 7.55. The van der Waals surface area contributed by atoms with Gasteiger partial charge in [-0.2, -0.15) is 5.10 Å². The monoisotopic (exact) mass is 403 g/mol. The van der Waals surface area contributed by atoms with E-state index in [0.29, 0.717) is 12.2 Å². The number of ether oxygens (including phenoxy) is 1. The molecule has 0 aliphatic carbocycles. The van der Waals surface area contributed by atoms with E-state index in [-0.39, 0.29) is 11.9 Å². The highest BCUT2D eigenvalue weighted by molar-refractivity contribution is 6.00. The Bertz CT molecular complexity index is 1010. The molecule has 1 unspecified atom stereocenters. The number of H-pyrrole nitrogens is 1.